The predicted molar refractivity (Wildman–Crippen MR) is 144 cm³/mol. The fourth-order valence-corrected chi connectivity index (χ4v) is 5.12. The zero-order valence-electron chi connectivity index (χ0n) is 19.5. The van der Waals surface area contributed by atoms with E-state index in [2.05, 4.69) is 70.8 Å². The molecule has 4 rings (SSSR count). The Morgan fingerprint density at radius 1 is 1.18 bits per heavy atom. The number of fused-ring (bicyclic) bond motifs is 1. The van der Waals surface area contributed by atoms with Crippen molar-refractivity contribution in [2.75, 3.05) is 6.54 Å². The lowest BCUT2D eigenvalue weighted by Gasteiger charge is -2.12. The average Bonchev–Trinajstić information content (AvgIpc) is 3.46. The van der Waals surface area contributed by atoms with Crippen LogP contribution in [0.2, 0.25) is 0 Å². The van der Waals surface area contributed by atoms with Gasteiger partial charge < -0.3 is 4.74 Å². The van der Waals surface area contributed by atoms with Crippen LogP contribution in [-0.4, -0.2) is 12.3 Å². The Morgan fingerprint density at radius 2 is 2.00 bits per heavy atom. The van der Waals surface area contributed by atoms with E-state index in [9.17, 15) is 0 Å². The number of unbranched alkanes of at least 4 members (excludes halogenated alkanes) is 1. The molecule has 4 nitrogen and oxygen atoms in total. The highest BCUT2D eigenvalue weighted by atomic mass is 32.1. The summed E-state index contributed by atoms with van der Waals surface area (Å²) in [6, 6.07) is 12.8. The maximum Gasteiger partial charge on any atom is 0.119 e. The minimum absolute atomic E-state index is 0. The molecule has 1 aliphatic rings. The number of hydrogen-bond acceptors (Lipinski definition) is 5. The van der Waals surface area contributed by atoms with E-state index in [1.807, 2.05) is 30.4 Å². The number of benzene rings is 2. The van der Waals surface area contributed by atoms with Crippen molar-refractivity contribution in [3.8, 4) is 17.6 Å². The van der Waals surface area contributed by atoms with Crippen molar-refractivity contribution in [1.82, 2.24) is 0 Å². The molecule has 2 heterocycles. The Labute approximate surface area is 207 Å². The normalized spacial score (nSPS) is 13.2. The van der Waals surface area contributed by atoms with E-state index < -0.39 is 0 Å². The second kappa shape index (κ2) is 12.0. The lowest BCUT2D eigenvalue weighted by Crippen LogP contribution is -2.07. The summed E-state index contributed by atoms with van der Waals surface area (Å²) in [4.78, 5) is 0. The van der Waals surface area contributed by atoms with E-state index in [-0.39, 0.29) is 19.4 Å². The van der Waals surface area contributed by atoms with Crippen LogP contribution in [0.5, 0.6) is 5.75 Å². The Bertz CT molecular complexity index is 1200. The van der Waals surface area contributed by atoms with Gasteiger partial charge >= 0.3 is 0 Å². The lowest BCUT2D eigenvalue weighted by atomic mass is 9.94. The Morgan fingerprint density at radius 3 is 2.70 bits per heavy atom. The molecule has 0 spiro atoms. The number of rotatable bonds is 9. The number of hydrogen-bond donors (Lipinski definition) is 0. The SMILES string of the molecule is CC#C[C@@H](CC1=NN=NC1)c1ccc(OCc2cc(C)c3scc(CCCC)c3c2)cc1.S. The van der Waals surface area contributed by atoms with Gasteiger partial charge in [-0.2, -0.15) is 18.6 Å². The van der Waals surface area contributed by atoms with Crippen molar-refractivity contribution in [2.45, 2.75) is 59.0 Å². The molecule has 0 fully saturated rings. The summed E-state index contributed by atoms with van der Waals surface area (Å²) in [6.45, 7) is 7.46. The smallest absolute Gasteiger partial charge is 0.119 e. The molecule has 0 aliphatic carbocycles. The maximum atomic E-state index is 6.14. The van der Waals surface area contributed by atoms with Gasteiger partial charge in [-0.3, -0.25) is 0 Å². The standard InChI is InChI=1S/C27H29N3OS.H2S/c1-4-6-8-23-18-32-27-19(3)13-20(14-26(23)27)17-31-25-11-9-21(10-12-25)22(7-5-2)15-24-16-28-30-29-24;/h9-14,18,22H,4,6,8,15-17H2,1-3H3;1H2/t22-;/m0./s1. The number of thiophene rings is 1. The van der Waals surface area contributed by atoms with Crippen molar-refractivity contribution in [2.24, 2.45) is 15.4 Å². The third-order valence-corrected chi connectivity index (χ3v) is 6.93. The molecule has 0 saturated carbocycles. The summed E-state index contributed by atoms with van der Waals surface area (Å²) in [6.07, 6.45) is 4.36. The fourth-order valence-electron chi connectivity index (χ4n) is 4.05. The summed E-state index contributed by atoms with van der Waals surface area (Å²) < 4.78 is 7.54. The zero-order chi connectivity index (χ0) is 22.3. The van der Waals surface area contributed by atoms with E-state index in [1.54, 1.807) is 0 Å². The van der Waals surface area contributed by atoms with Gasteiger partial charge in [-0.15, -0.1) is 22.4 Å². The van der Waals surface area contributed by atoms with Crippen LogP contribution in [0.25, 0.3) is 10.1 Å². The Balaban J connectivity index is 0.00000306. The van der Waals surface area contributed by atoms with E-state index in [0.717, 1.165) is 29.9 Å². The van der Waals surface area contributed by atoms with Crippen LogP contribution < -0.4 is 4.74 Å². The van der Waals surface area contributed by atoms with Crippen LogP contribution in [0, 0.1) is 18.8 Å². The van der Waals surface area contributed by atoms with Crippen molar-refractivity contribution in [3.05, 3.63) is 64.0 Å². The van der Waals surface area contributed by atoms with Gasteiger partial charge in [-0.25, -0.2) is 0 Å². The molecule has 0 N–H and O–H groups in total. The van der Waals surface area contributed by atoms with Gasteiger partial charge in [0.25, 0.3) is 0 Å². The van der Waals surface area contributed by atoms with Crippen molar-refractivity contribution in [3.63, 3.8) is 0 Å². The zero-order valence-corrected chi connectivity index (χ0v) is 21.3. The van der Waals surface area contributed by atoms with Crippen molar-refractivity contribution < 1.29 is 4.74 Å². The first kappa shape index (κ1) is 25.0. The summed E-state index contributed by atoms with van der Waals surface area (Å²) in [5.74, 6) is 7.30. The van der Waals surface area contributed by atoms with E-state index in [1.165, 1.54) is 39.6 Å². The molecule has 0 radical (unpaired) electrons. The third-order valence-electron chi connectivity index (χ3n) is 5.75. The molecule has 1 aromatic heterocycles. The van der Waals surface area contributed by atoms with Crippen LogP contribution >= 0.6 is 24.8 Å². The molecular weight excluding hydrogens is 446 g/mol. The molecule has 3 aromatic rings. The van der Waals surface area contributed by atoms with Gasteiger partial charge in [0.05, 0.1) is 11.6 Å². The van der Waals surface area contributed by atoms with Crippen molar-refractivity contribution >= 4 is 40.6 Å². The van der Waals surface area contributed by atoms with Crippen LogP contribution in [0.3, 0.4) is 0 Å². The average molecular weight is 478 g/mol. The van der Waals surface area contributed by atoms with E-state index in [0.29, 0.717) is 13.2 Å². The Kier molecular flexibility index (Phi) is 9.11. The maximum absolute atomic E-state index is 6.14. The molecular formula is C27H31N3OS2. The second-order valence-corrected chi connectivity index (χ2v) is 9.10. The largest absolute Gasteiger partial charge is 0.489 e. The molecule has 1 aliphatic heterocycles. The summed E-state index contributed by atoms with van der Waals surface area (Å²) in [5, 5.41) is 15.5. The van der Waals surface area contributed by atoms with Gasteiger partial charge in [0.1, 0.15) is 18.9 Å². The topological polar surface area (TPSA) is 46.3 Å². The number of nitrogens with zero attached hydrogens (tertiary/aromatic N) is 3. The van der Waals surface area contributed by atoms with Crippen LogP contribution in [0.1, 0.15) is 61.3 Å². The van der Waals surface area contributed by atoms with Gasteiger partial charge in [-0.1, -0.05) is 37.5 Å². The summed E-state index contributed by atoms with van der Waals surface area (Å²) >= 11 is 1.86. The third kappa shape index (κ3) is 6.25. The highest BCUT2D eigenvalue weighted by Crippen LogP contribution is 2.32. The summed E-state index contributed by atoms with van der Waals surface area (Å²) in [7, 11) is 0. The van der Waals surface area contributed by atoms with Crippen LogP contribution in [-0.2, 0) is 13.0 Å². The first-order valence-corrected chi connectivity index (χ1v) is 12.1. The highest BCUT2D eigenvalue weighted by Gasteiger charge is 2.15. The molecule has 1 atom stereocenters. The van der Waals surface area contributed by atoms with Gasteiger partial charge in [0.2, 0.25) is 0 Å². The molecule has 0 amide bonds. The van der Waals surface area contributed by atoms with Gasteiger partial charge in [-0.05, 0) is 83.1 Å². The molecule has 33 heavy (non-hydrogen) atoms. The number of ether oxygens (including phenoxy) is 1. The number of aryl methyl sites for hydroxylation is 2. The van der Waals surface area contributed by atoms with Crippen molar-refractivity contribution in [1.29, 1.82) is 0 Å². The second-order valence-electron chi connectivity index (χ2n) is 8.22. The van der Waals surface area contributed by atoms with E-state index >= 15 is 0 Å². The highest BCUT2D eigenvalue weighted by molar-refractivity contribution is 7.59. The van der Waals surface area contributed by atoms with Gasteiger partial charge in [0.15, 0.2) is 0 Å². The Hall–Kier alpha value is -2.62. The van der Waals surface area contributed by atoms with Crippen LogP contribution in [0.15, 0.2) is 57.2 Å². The lowest BCUT2D eigenvalue weighted by molar-refractivity contribution is 0.306. The molecule has 0 bridgehead atoms. The quantitative estimate of drug-likeness (QED) is 0.293. The predicted octanol–water partition coefficient (Wildman–Crippen LogP) is 7.56. The minimum Gasteiger partial charge on any atom is -0.489 e. The first-order chi connectivity index (χ1) is 15.7. The molecule has 0 saturated heterocycles. The minimum atomic E-state index is 0. The fraction of sp³-hybridized carbons (Fsp3) is 0.370. The molecule has 0 unspecified atom stereocenters. The van der Waals surface area contributed by atoms with E-state index in [4.69, 9.17) is 4.74 Å². The first-order valence-electron chi connectivity index (χ1n) is 11.2. The van der Waals surface area contributed by atoms with Crippen LogP contribution in [0.4, 0.5) is 0 Å². The molecule has 6 heteroatoms. The molecule has 2 aromatic carbocycles. The monoisotopic (exact) mass is 477 g/mol. The van der Waals surface area contributed by atoms with Gasteiger partial charge in [0, 0.05) is 11.1 Å². The summed E-state index contributed by atoms with van der Waals surface area (Å²) in [5.41, 5.74) is 6.17. The molecule has 172 valence electrons.